The predicted octanol–water partition coefficient (Wildman–Crippen LogP) is 3.02. The van der Waals surface area contributed by atoms with E-state index in [0.717, 1.165) is 16.9 Å². The number of rotatable bonds is 2. The van der Waals surface area contributed by atoms with Crippen LogP contribution in [-0.2, 0) is 11.3 Å². The third-order valence-electron chi connectivity index (χ3n) is 1.85. The molecule has 0 saturated heterocycles. The van der Waals surface area contributed by atoms with Gasteiger partial charge in [0.05, 0.1) is 21.1 Å². The number of hydrogen-bond donors (Lipinski definition) is 1. The van der Waals surface area contributed by atoms with Crippen molar-refractivity contribution in [1.29, 1.82) is 0 Å². The standard InChI is InChI=1S/C9H8Cl2N2O/c1-14-4-9-12-7-2-5(10)6(11)3-8(7)13-9/h2-3H,4H2,1H3,(H,12,13). The zero-order valence-electron chi connectivity index (χ0n) is 7.47. The summed E-state index contributed by atoms with van der Waals surface area (Å²) in [6.45, 7) is 0.448. The summed E-state index contributed by atoms with van der Waals surface area (Å²) in [5, 5.41) is 1.03. The molecule has 2 rings (SSSR count). The fraction of sp³-hybridized carbons (Fsp3) is 0.222. The summed E-state index contributed by atoms with van der Waals surface area (Å²) in [5.41, 5.74) is 1.66. The van der Waals surface area contributed by atoms with Crippen LogP contribution in [0.5, 0.6) is 0 Å². The molecule has 0 aliphatic carbocycles. The molecule has 0 spiro atoms. The number of hydrogen-bond acceptors (Lipinski definition) is 2. The molecule has 2 aromatic rings. The Hall–Kier alpha value is -0.770. The van der Waals surface area contributed by atoms with E-state index in [1.165, 1.54) is 0 Å². The molecule has 0 aliphatic heterocycles. The lowest BCUT2D eigenvalue weighted by molar-refractivity contribution is 0.179. The molecular weight excluding hydrogens is 223 g/mol. The first-order valence-electron chi connectivity index (χ1n) is 4.03. The number of nitrogens with one attached hydrogen (secondary N) is 1. The number of aromatic amines is 1. The van der Waals surface area contributed by atoms with E-state index in [2.05, 4.69) is 9.97 Å². The van der Waals surface area contributed by atoms with Crippen molar-refractivity contribution in [3.63, 3.8) is 0 Å². The van der Waals surface area contributed by atoms with Gasteiger partial charge in [0.15, 0.2) is 0 Å². The highest BCUT2D eigenvalue weighted by molar-refractivity contribution is 6.42. The van der Waals surface area contributed by atoms with Gasteiger partial charge >= 0.3 is 0 Å². The van der Waals surface area contributed by atoms with Crippen molar-refractivity contribution < 1.29 is 4.74 Å². The number of ether oxygens (including phenoxy) is 1. The van der Waals surface area contributed by atoms with Gasteiger partial charge in [0.25, 0.3) is 0 Å². The maximum absolute atomic E-state index is 5.86. The molecule has 0 bridgehead atoms. The topological polar surface area (TPSA) is 37.9 Å². The molecule has 0 unspecified atom stereocenters. The average molecular weight is 231 g/mol. The van der Waals surface area contributed by atoms with E-state index in [9.17, 15) is 0 Å². The second kappa shape index (κ2) is 3.77. The van der Waals surface area contributed by atoms with Crippen LogP contribution >= 0.6 is 23.2 Å². The minimum absolute atomic E-state index is 0.448. The van der Waals surface area contributed by atoms with Crippen molar-refractivity contribution >= 4 is 34.2 Å². The summed E-state index contributed by atoms with van der Waals surface area (Å²) in [6.07, 6.45) is 0. The van der Waals surface area contributed by atoms with Crippen LogP contribution < -0.4 is 0 Å². The maximum Gasteiger partial charge on any atom is 0.133 e. The maximum atomic E-state index is 5.86. The Labute approximate surface area is 91.0 Å². The largest absolute Gasteiger partial charge is 0.377 e. The van der Waals surface area contributed by atoms with Crippen LogP contribution in [-0.4, -0.2) is 17.1 Å². The third kappa shape index (κ3) is 1.71. The molecule has 74 valence electrons. The summed E-state index contributed by atoms with van der Waals surface area (Å²) in [7, 11) is 1.62. The van der Waals surface area contributed by atoms with Gasteiger partial charge in [-0.3, -0.25) is 0 Å². The van der Waals surface area contributed by atoms with Crippen LogP contribution in [0, 0.1) is 0 Å². The van der Waals surface area contributed by atoms with Crippen LogP contribution in [0.25, 0.3) is 11.0 Å². The lowest BCUT2D eigenvalue weighted by Gasteiger charge is -1.93. The summed E-state index contributed by atoms with van der Waals surface area (Å²) in [5.74, 6) is 0.765. The first-order valence-corrected chi connectivity index (χ1v) is 4.79. The first kappa shape index (κ1) is 9.77. The van der Waals surface area contributed by atoms with Crippen molar-refractivity contribution in [1.82, 2.24) is 9.97 Å². The minimum atomic E-state index is 0.448. The van der Waals surface area contributed by atoms with Gasteiger partial charge < -0.3 is 9.72 Å². The summed E-state index contributed by atoms with van der Waals surface area (Å²) in [6, 6.07) is 3.49. The van der Waals surface area contributed by atoms with E-state index in [1.807, 2.05) is 0 Å². The van der Waals surface area contributed by atoms with Crippen LogP contribution in [0.1, 0.15) is 5.82 Å². The number of fused-ring (bicyclic) bond motifs is 1. The number of halogens is 2. The van der Waals surface area contributed by atoms with E-state index in [1.54, 1.807) is 19.2 Å². The summed E-state index contributed by atoms with van der Waals surface area (Å²) in [4.78, 5) is 7.37. The van der Waals surface area contributed by atoms with Gasteiger partial charge in [-0.15, -0.1) is 0 Å². The van der Waals surface area contributed by atoms with Crippen molar-refractivity contribution in [2.75, 3.05) is 7.11 Å². The van der Waals surface area contributed by atoms with Crippen molar-refractivity contribution in [2.24, 2.45) is 0 Å². The van der Waals surface area contributed by atoms with Gasteiger partial charge in [-0.1, -0.05) is 23.2 Å². The zero-order valence-corrected chi connectivity index (χ0v) is 8.99. The molecule has 5 heteroatoms. The quantitative estimate of drug-likeness (QED) is 0.862. The molecule has 0 fully saturated rings. The lowest BCUT2D eigenvalue weighted by Crippen LogP contribution is -1.88. The number of H-pyrrole nitrogens is 1. The SMILES string of the molecule is COCc1nc2cc(Cl)c(Cl)cc2[nH]1. The van der Waals surface area contributed by atoms with Gasteiger partial charge in [-0.05, 0) is 12.1 Å². The van der Waals surface area contributed by atoms with Gasteiger partial charge in [-0.2, -0.15) is 0 Å². The summed E-state index contributed by atoms with van der Waals surface area (Å²) < 4.78 is 4.96. The monoisotopic (exact) mass is 230 g/mol. The Balaban J connectivity index is 2.54. The lowest BCUT2D eigenvalue weighted by atomic mass is 10.3. The average Bonchev–Trinajstić information content (AvgIpc) is 2.48. The van der Waals surface area contributed by atoms with E-state index in [4.69, 9.17) is 27.9 Å². The Morgan fingerprint density at radius 1 is 1.36 bits per heavy atom. The van der Waals surface area contributed by atoms with Crippen molar-refractivity contribution in [2.45, 2.75) is 6.61 Å². The second-order valence-electron chi connectivity index (χ2n) is 2.90. The van der Waals surface area contributed by atoms with Crippen LogP contribution in [0.4, 0.5) is 0 Å². The van der Waals surface area contributed by atoms with Gasteiger partial charge in [0, 0.05) is 7.11 Å². The molecule has 0 amide bonds. The predicted molar refractivity (Wildman–Crippen MR) is 56.8 cm³/mol. The highest BCUT2D eigenvalue weighted by Crippen LogP contribution is 2.26. The molecule has 0 saturated carbocycles. The number of aromatic nitrogens is 2. The second-order valence-corrected chi connectivity index (χ2v) is 3.71. The molecule has 0 radical (unpaired) electrons. The molecule has 3 nitrogen and oxygen atoms in total. The van der Waals surface area contributed by atoms with E-state index in [0.29, 0.717) is 16.7 Å². The Bertz CT molecular complexity index is 428. The Kier molecular flexibility index (Phi) is 2.63. The van der Waals surface area contributed by atoms with E-state index in [-0.39, 0.29) is 0 Å². The normalized spacial score (nSPS) is 11.1. The molecule has 1 N–H and O–H groups in total. The molecule has 1 aromatic carbocycles. The smallest absolute Gasteiger partial charge is 0.133 e. The van der Waals surface area contributed by atoms with E-state index < -0.39 is 0 Å². The van der Waals surface area contributed by atoms with Crippen LogP contribution in [0.3, 0.4) is 0 Å². The van der Waals surface area contributed by atoms with Crippen LogP contribution in [0.15, 0.2) is 12.1 Å². The van der Waals surface area contributed by atoms with Gasteiger partial charge in [0.2, 0.25) is 0 Å². The highest BCUT2D eigenvalue weighted by Gasteiger charge is 2.05. The fourth-order valence-electron chi connectivity index (χ4n) is 1.26. The van der Waals surface area contributed by atoms with Gasteiger partial charge in [-0.25, -0.2) is 4.98 Å². The van der Waals surface area contributed by atoms with E-state index >= 15 is 0 Å². The molecule has 14 heavy (non-hydrogen) atoms. The zero-order chi connectivity index (χ0) is 10.1. The minimum Gasteiger partial charge on any atom is -0.377 e. The Morgan fingerprint density at radius 2 is 2.07 bits per heavy atom. The van der Waals surface area contributed by atoms with Gasteiger partial charge in [0.1, 0.15) is 12.4 Å². The molecular formula is C9H8Cl2N2O. The molecule has 1 heterocycles. The molecule has 1 aromatic heterocycles. The molecule has 0 atom stereocenters. The van der Waals surface area contributed by atoms with Crippen molar-refractivity contribution in [3.8, 4) is 0 Å². The molecule has 0 aliphatic rings. The number of methoxy groups -OCH3 is 1. The number of imidazole rings is 1. The first-order chi connectivity index (χ1) is 6.70. The fourth-order valence-corrected chi connectivity index (χ4v) is 1.58. The van der Waals surface area contributed by atoms with Crippen LogP contribution in [0.2, 0.25) is 10.0 Å². The summed E-state index contributed by atoms with van der Waals surface area (Å²) >= 11 is 11.7. The van der Waals surface area contributed by atoms with Crippen molar-refractivity contribution in [3.05, 3.63) is 28.0 Å². The number of benzene rings is 1. The third-order valence-corrected chi connectivity index (χ3v) is 2.58. The number of nitrogens with zero attached hydrogens (tertiary/aromatic N) is 1. The highest BCUT2D eigenvalue weighted by atomic mass is 35.5. The Morgan fingerprint density at radius 3 is 2.79 bits per heavy atom.